The highest BCUT2D eigenvalue weighted by Gasteiger charge is 2.17. The molecule has 0 saturated carbocycles. The molecular weight excluding hydrogens is 538 g/mol. The average molecular weight is 558 g/mol. The number of aromatic nitrogens is 1. The fourth-order valence-electron chi connectivity index (χ4n) is 3.09. The molecule has 1 amide bonds. The molecule has 1 heterocycles. The highest BCUT2D eigenvalue weighted by molar-refractivity contribution is 9.10. The van der Waals surface area contributed by atoms with Crippen LogP contribution in [0.2, 0.25) is 0 Å². The van der Waals surface area contributed by atoms with E-state index in [4.69, 9.17) is 4.74 Å². The Morgan fingerprint density at radius 3 is 2.50 bits per heavy atom. The molecule has 0 spiro atoms. The number of rotatable bonds is 9. The lowest BCUT2D eigenvalue weighted by Crippen LogP contribution is -2.15. The first-order valence-electron chi connectivity index (χ1n) is 10.2. The van der Waals surface area contributed by atoms with E-state index < -0.39 is 10.0 Å². The van der Waals surface area contributed by atoms with Crippen molar-refractivity contribution in [3.63, 3.8) is 0 Å². The zero-order chi connectivity index (χ0) is 24.0. The van der Waals surface area contributed by atoms with E-state index in [1.54, 1.807) is 17.5 Å². The molecule has 0 atom stereocenters. The molecule has 10 heteroatoms. The van der Waals surface area contributed by atoms with Crippen LogP contribution in [0.1, 0.15) is 15.9 Å². The Balaban J connectivity index is 1.43. The van der Waals surface area contributed by atoms with Gasteiger partial charge in [0, 0.05) is 28.2 Å². The van der Waals surface area contributed by atoms with Crippen LogP contribution < -0.4 is 14.8 Å². The predicted octanol–water partition coefficient (Wildman–Crippen LogP) is 5.58. The summed E-state index contributed by atoms with van der Waals surface area (Å²) in [5.74, 6) is 0.0935. The van der Waals surface area contributed by atoms with Gasteiger partial charge in [-0.05, 0) is 48.0 Å². The van der Waals surface area contributed by atoms with Gasteiger partial charge in [-0.25, -0.2) is 13.4 Å². The van der Waals surface area contributed by atoms with Gasteiger partial charge in [-0.15, -0.1) is 11.3 Å². The number of nitrogens with zero attached hydrogens (tertiary/aromatic N) is 1. The first-order chi connectivity index (χ1) is 16.4. The largest absolute Gasteiger partial charge is 0.492 e. The normalized spacial score (nSPS) is 11.1. The lowest BCUT2D eigenvalue weighted by molar-refractivity contribution is 0.102. The Morgan fingerprint density at radius 1 is 1.03 bits per heavy atom. The van der Waals surface area contributed by atoms with Crippen LogP contribution >= 0.6 is 27.3 Å². The van der Waals surface area contributed by atoms with Gasteiger partial charge in [-0.2, -0.15) is 0 Å². The number of hydrogen-bond donors (Lipinski definition) is 2. The van der Waals surface area contributed by atoms with Gasteiger partial charge >= 0.3 is 0 Å². The summed E-state index contributed by atoms with van der Waals surface area (Å²) >= 11 is 4.58. The van der Waals surface area contributed by atoms with E-state index in [0.29, 0.717) is 30.0 Å². The Kier molecular flexibility index (Phi) is 7.61. The van der Waals surface area contributed by atoms with Crippen molar-refractivity contribution < 1.29 is 17.9 Å². The maximum Gasteiger partial charge on any atom is 0.263 e. The van der Waals surface area contributed by atoms with Gasteiger partial charge in [0.05, 0.1) is 17.1 Å². The summed E-state index contributed by atoms with van der Waals surface area (Å²) in [5.41, 5.74) is 1.96. The predicted molar refractivity (Wildman–Crippen MR) is 137 cm³/mol. The number of benzene rings is 3. The standard InChI is InChI=1S/C24H20BrN3O4S2/c25-18-6-11-22(32-14-12-17-4-2-1-3-5-17)21(16-18)23(29)27-19-7-9-20(10-8-19)34(30,31)28-24-26-13-15-33-24/h1-11,13,15-16H,12,14H2,(H,26,28)(H,27,29). The highest BCUT2D eigenvalue weighted by Crippen LogP contribution is 2.25. The van der Waals surface area contributed by atoms with E-state index >= 15 is 0 Å². The number of halogens is 1. The summed E-state index contributed by atoms with van der Waals surface area (Å²) in [6.07, 6.45) is 2.23. The minimum atomic E-state index is -3.77. The molecule has 0 saturated heterocycles. The van der Waals surface area contributed by atoms with Gasteiger partial charge < -0.3 is 10.1 Å². The molecule has 3 aromatic carbocycles. The van der Waals surface area contributed by atoms with Gasteiger partial charge in [-0.1, -0.05) is 46.3 Å². The molecule has 2 N–H and O–H groups in total. The maximum atomic E-state index is 13.0. The third-order valence-electron chi connectivity index (χ3n) is 4.75. The van der Waals surface area contributed by atoms with Crippen LogP contribution in [0.3, 0.4) is 0 Å². The second-order valence-corrected chi connectivity index (χ2v) is 10.6. The van der Waals surface area contributed by atoms with E-state index in [2.05, 4.69) is 31.0 Å². The molecule has 0 bridgehead atoms. The quantitative estimate of drug-likeness (QED) is 0.280. The number of amides is 1. The van der Waals surface area contributed by atoms with E-state index in [1.807, 2.05) is 36.4 Å². The molecular formula is C24H20BrN3O4S2. The summed E-state index contributed by atoms with van der Waals surface area (Å²) < 4.78 is 34.0. The first kappa shape index (κ1) is 23.9. The summed E-state index contributed by atoms with van der Waals surface area (Å²) in [6, 6.07) is 21.1. The third-order valence-corrected chi connectivity index (χ3v) is 7.42. The van der Waals surface area contributed by atoms with E-state index in [-0.39, 0.29) is 15.9 Å². The smallest absolute Gasteiger partial charge is 0.263 e. The molecule has 4 aromatic rings. The summed E-state index contributed by atoms with van der Waals surface area (Å²) in [6.45, 7) is 0.421. The number of anilines is 2. The highest BCUT2D eigenvalue weighted by atomic mass is 79.9. The Hall–Kier alpha value is -3.21. The van der Waals surface area contributed by atoms with Crippen molar-refractivity contribution in [2.45, 2.75) is 11.3 Å². The molecule has 174 valence electrons. The molecule has 34 heavy (non-hydrogen) atoms. The lowest BCUT2D eigenvalue weighted by atomic mass is 10.1. The van der Waals surface area contributed by atoms with Gasteiger partial charge in [0.1, 0.15) is 5.75 Å². The second-order valence-electron chi connectivity index (χ2n) is 7.15. The molecule has 0 unspecified atom stereocenters. The van der Waals surface area contributed by atoms with Crippen molar-refractivity contribution in [2.75, 3.05) is 16.6 Å². The lowest BCUT2D eigenvalue weighted by Gasteiger charge is -2.13. The fraction of sp³-hybridized carbons (Fsp3) is 0.0833. The molecule has 0 aliphatic heterocycles. The Bertz CT molecular complexity index is 1360. The van der Waals surface area contributed by atoms with Crippen molar-refractivity contribution in [2.24, 2.45) is 0 Å². The molecule has 0 aliphatic rings. The van der Waals surface area contributed by atoms with Crippen molar-refractivity contribution >= 4 is 54.0 Å². The summed E-state index contributed by atoms with van der Waals surface area (Å²) in [7, 11) is -3.77. The van der Waals surface area contributed by atoms with Gasteiger partial charge in [0.15, 0.2) is 5.13 Å². The van der Waals surface area contributed by atoms with Crippen molar-refractivity contribution in [3.8, 4) is 5.75 Å². The number of nitrogens with one attached hydrogen (secondary N) is 2. The summed E-state index contributed by atoms with van der Waals surface area (Å²) in [4.78, 5) is 17.0. The van der Waals surface area contributed by atoms with E-state index in [0.717, 1.165) is 10.0 Å². The van der Waals surface area contributed by atoms with Crippen molar-refractivity contribution in [1.82, 2.24) is 4.98 Å². The number of hydrogen-bond acceptors (Lipinski definition) is 6. The zero-order valence-corrected chi connectivity index (χ0v) is 21.0. The molecule has 4 rings (SSSR count). The first-order valence-corrected chi connectivity index (χ1v) is 13.4. The van der Waals surface area contributed by atoms with Gasteiger partial charge in [0.2, 0.25) is 0 Å². The van der Waals surface area contributed by atoms with E-state index in [1.165, 1.54) is 41.8 Å². The molecule has 7 nitrogen and oxygen atoms in total. The number of ether oxygens (including phenoxy) is 1. The summed E-state index contributed by atoms with van der Waals surface area (Å²) in [5, 5.41) is 4.76. The van der Waals surface area contributed by atoms with Crippen LogP contribution in [0.4, 0.5) is 10.8 Å². The van der Waals surface area contributed by atoms with Gasteiger partial charge in [0.25, 0.3) is 15.9 Å². The monoisotopic (exact) mass is 557 g/mol. The van der Waals surface area contributed by atoms with Crippen LogP contribution in [-0.4, -0.2) is 25.9 Å². The molecule has 0 radical (unpaired) electrons. The molecule has 1 aromatic heterocycles. The van der Waals surface area contributed by atoms with Gasteiger partial charge in [-0.3, -0.25) is 9.52 Å². The second kappa shape index (κ2) is 10.8. The Morgan fingerprint density at radius 2 is 1.79 bits per heavy atom. The van der Waals surface area contributed by atoms with E-state index in [9.17, 15) is 13.2 Å². The molecule has 0 aliphatic carbocycles. The molecule has 0 fully saturated rings. The van der Waals surface area contributed by atoms with Crippen LogP contribution in [-0.2, 0) is 16.4 Å². The van der Waals surface area contributed by atoms with Crippen LogP contribution in [0.25, 0.3) is 0 Å². The van der Waals surface area contributed by atoms with Crippen molar-refractivity contribution in [3.05, 3.63) is 100.0 Å². The third kappa shape index (κ3) is 6.22. The minimum Gasteiger partial charge on any atom is -0.492 e. The SMILES string of the molecule is O=C(Nc1ccc(S(=O)(=O)Nc2nccs2)cc1)c1cc(Br)ccc1OCCc1ccccc1. The number of carbonyl (C=O) groups is 1. The minimum absolute atomic E-state index is 0.0630. The van der Waals surface area contributed by atoms with Crippen LogP contribution in [0.5, 0.6) is 5.75 Å². The average Bonchev–Trinajstić information content (AvgIpc) is 3.33. The Labute approximate surface area is 210 Å². The van der Waals surface area contributed by atoms with Crippen molar-refractivity contribution in [1.29, 1.82) is 0 Å². The number of carbonyl (C=O) groups excluding carboxylic acids is 1. The fourth-order valence-corrected chi connectivity index (χ4v) is 5.24. The van der Waals surface area contributed by atoms with Crippen LogP contribution in [0, 0.1) is 0 Å². The topological polar surface area (TPSA) is 97.4 Å². The number of sulfonamides is 1. The van der Waals surface area contributed by atoms with Crippen LogP contribution in [0.15, 0.2) is 93.7 Å². The zero-order valence-electron chi connectivity index (χ0n) is 17.8. The number of thiazole rings is 1. The maximum absolute atomic E-state index is 13.0.